The molecular formula is C15H14N2O2S3. The number of urea groups is 1. The lowest BCUT2D eigenvalue weighted by atomic mass is 10.3. The summed E-state index contributed by atoms with van der Waals surface area (Å²) >= 11 is 4.67. The first kappa shape index (κ1) is 15.2. The van der Waals surface area contributed by atoms with Crippen LogP contribution in [-0.4, -0.2) is 17.7 Å². The number of aliphatic hydroxyl groups is 1. The number of hydrogen-bond acceptors (Lipinski definition) is 5. The number of amides is 2. The second kappa shape index (κ2) is 7.06. The number of carbonyl (C=O) groups is 1. The van der Waals surface area contributed by atoms with Crippen LogP contribution in [0.1, 0.15) is 11.0 Å². The van der Waals surface area contributed by atoms with E-state index in [2.05, 4.69) is 16.7 Å². The van der Waals surface area contributed by atoms with Crippen LogP contribution >= 0.6 is 34.0 Å². The number of hydrogen-bond donors (Lipinski definition) is 3. The predicted molar refractivity (Wildman–Crippen MR) is 93.9 cm³/mol. The van der Waals surface area contributed by atoms with Crippen molar-refractivity contribution >= 4 is 45.0 Å². The Kier molecular flexibility index (Phi) is 4.89. The quantitative estimate of drug-likeness (QED) is 0.639. The molecule has 3 aromatic rings. The van der Waals surface area contributed by atoms with Gasteiger partial charge in [-0.15, -0.1) is 34.0 Å². The van der Waals surface area contributed by atoms with E-state index in [9.17, 15) is 9.90 Å². The molecule has 22 heavy (non-hydrogen) atoms. The van der Waals surface area contributed by atoms with Crippen LogP contribution in [0, 0.1) is 0 Å². The van der Waals surface area contributed by atoms with Crippen LogP contribution in [0.5, 0.6) is 0 Å². The molecule has 2 amide bonds. The van der Waals surface area contributed by atoms with Crippen LogP contribution in [0.25, 0.3) is 9.75 Å². The Bertz CT molecular complexity index is 720. The molecule has 0 spiro atoms. The third-order valence-corrected chi connectivity index (χ3v) is 5.97. The number of aliphatic hydroxyl groups excluding tert-OH is 1. The normalized spacial score (nSPS) is 12.0. The molecule has 3 rings (SSSR count). The zero-order valence-electron chi connectivity index (χ0n) is 11.5. The highest BCUT2D eigenvalue weighted by Gasteiger charge is 2.13. The second-order valence-electron chi connectivity index (χ2n) is 4.51. The molecule has 0 aromatic carbocycles. The topological polar surface area (TPSA) is 61.4 Å². The first-order chi connectivity index (χ1) is 10.7. The average Bonchev–Trinajstić information content (AvgIpc) is 3.23. The Labute approximate surface area is 140 Å². The van der Waals surface area contributed by atoms with Gasteiger partial charge in [-0.2, -0.15) is 0 Å². The molecule has 3 heterocycles. The van der Waals surface area contributed by atoms with E-state index in [0.717, 1.165) is 14.8 Å². The van der Waals surface area contributed by atoms with Crippen molar-refractivity contribution in [2.75, 3.05) is 11.9 Å². The van der Waals surface area contributed by atoms with Gasteiger partial charge >= 0.3 is 6.03 Å². The molecule has 7 heteroatoms. The lowest BCUT2D eigenvalue weighted by Crippen LogP contribution is -2.31. The minimum Gasteiger partial charge on any atom is -0.386 e. The first-order valence-corrected chi connectivity index (χ1v) is 9.20. The number of thiophene rings is 3. The molecule has 0 bridgehead atoms. The van der Waals surface area contributed by atoms with E-state index in [1.165, 1.54) is 16.2 Å². The largest absolute Gasteiger partial charge is 0.386 e. The maximum absolute atomic E-state index is 11.7. The molecule has 0 aliphatic rings. The number of rotatable bonds is 5. The van der Waals surface area contributed by atoms with Crippen molar-refractivity contribution < 1.29 is 9.90 Å². The number of carbonyl (C=O) groups excluding carboxylic acids is 1. The fraction of sp³-hybridized carbons (Fsp3) is 0.133. The molecule has 0 saturated carbocycles. The Hall–Kier alpha value is -1.67. The Balaban J connectivity index is 1.53. The summed E-state index contributed by atoms with van der Waals surface area (Å²) in [6.45, 7) is 0.182. The van der Waals surface area contributed by atoms with Gasteiger partial charge < -0.3 is 10.4 Å². The average molecular weight is 350 g/mol. The Morgan fingerprint density at radius 1 is 1.09 bits per heavy atom. The van der Waals surface area contributed by atoms with Gasteiger partial charge in [0.15, 0.2) is 0 Å². The summed E-state index contributed by atoms with van der Waals surface area (Å²) in [6, 6.07) is 11.4. The van der Waals surface area contributed by atoms with Crippen molar-refractivity contribution in [1.29, 1.82) is 0 Å². The fourth-order valence-electron chi connectivity index (χ4n) is 1.88. The summed E-state index contributed by atoms with van der Waals surface area (Å²) < 4.78 is 0. The summed E-state index contributed by atoms with van der Waals surface area (Å²) in [7, 11) is 0. The highest BCUT2D eigenvalue weighted by atomic mass is 32.1. The van der Waals surface area contributed by atoms with Crippen molar-refractivity contribution in [3.05, 3.63) is 52.0 Å². The molecule has 1 unspecified atom stereocenters. The van der Waals surface area contributed by atoms with Gasteiger partial charge in [0.2, 0.25) is 0 Å². The van der Waals surface area contributed by atoms with Gasteiger partial charge in [0.25, 0.3) is 0 Å². The maximum atomic E-state index is 11.7. The minimum absolute atomic E-state index is 0.182. The zero-order chi connectivity index (χ0) is 15.4. The molecule has 3 N–H and O–H groups in total. The Morgan fingerprint density at radius 3 is 2.64 bits per heavy atom. The molecule has 0 radical (unpaired) electrons. The molecule has 4 nitrogen and oxygen atoms in total. The molecule has 0 fully saturated rings. The number of anilines is 1. The van der Waals surface area contributed by atoms with Crippen molar-refractivity contribution in [2.45, 2.75) is 6.10 Å². The fourth-order valence-corrected chi connectivity index (χ4v) is 4.32. The van der Waals surface area contributed by atoms with Crippen molar-refractivity contribution in [3.8, 4) is 9.75 Å². The van der Waals surface area contributed by atoms with E-state index in [0.29, 0.717) is 0 Å². The van der Waals surface area contributed by atoms with E-state index in [1.54, 1.807) is 22.7 Å². The third kappa shape index (κ3) is 3.75. The van der Waals surface area contributed by atoms with Crippen LogP contribution in [0.4, 0.5) is 9.80 Å². The molecular weight excluding hydrogens is 336 g/mol. The van der Waals surface area contributed by atoms with Crippen LogP contribution in [0.2, 0.25) is 0 Å². The van der Waals surface area contributed by atoms with Gasteiger partial charge in [-0.1, -0.05) is 6.07 Å². The molecule has 114 valence electrons. The van der Waals surface area contributed by atoms with E-state index in [1.807, 2.05) is 41.1 Å². The summed E-state index contributed by atoms with van der Waals surface area (Å²) in [5.41, 5.74) is 0. The monoisotopic (exact) mass is 350 g/mol. The van der Waals surface area contributed by atoms with Crippen molar-refractivity contribution in [2.24, 2.45) is 0 Å². The lowest BCUT2D eigenvalue weighted by Gasteiger charge is -2.10. The molecule has 3 aromatic heterocycles. The molecule has 1 atom stereocenters. The van der Waals surface area contributed by atoms with Gasteiger partial charge in [0.1, 0.15) is 6.10 Å². The molecule has 0 aliphatic carbocycles. The predicted octanol–water partition coefficient (Wildman–Crippen LogP) is 4.39. The van der Waals surface area contributed by atoms with E-state index in [4.69, 9.17) is 0 Å². The smallest absolute Gasteiger partial charge is 0.319 e. The second-order valence-corrected chi connectivity index (χ2v) is 7.52. The number of nitrogens with one attached hydrogen (secondary N) is 2. The van der Waals surface area contributed by atoms with Crippen molar-refractivity contribution in [3.63, 3.8) is 0 Å². The SMILES string of the molecule is O=C(NCC(O)c1ccc(-c2cccs2)s1)Nc1cccs1. The highest BCUT2D eigenvalue weighted by Crippen LogP contribution is 2.33. The standard InChI is InChI=1S/C15H14N2O2S3/c18-10(9-16-15(19)17-14-4-2-8-21-14)11-5-6-13(22-11)12-3-1-7-20-12/h1-8,10,18H,9H2,(H2,16,17,19). The van der Waals surface area contributed by atoms with Gasteiger partial charge in [-0.3, -0.25) is 5.32 Å². The lowest BCUT2D eigenvalue weighted by molar-refractivity contribution is 0.178. The van der Waals surface area contributed by atoms with Gasteiger partial charge in [-0.25, -0.2) is 4.79 Å². The zero-order valence-corrected chi connectivity index (χ0v) is 13.9. The highest BCUT2D eigenvalue weighted by molar-refractivity contribution is 7.21. The minimum atomic E-state index is -0.701. The van der Waals surface area contributed by atoms with E-state index < -0.39 is 6.10 Å². The summed E-state index contributed by atoms with van der Waals surface area (Å²) in [5, 5.41) is 20.3. The van der Waals surface area contributed by atoms with Crippen LogP contribution in [0.3, 0.4) is 0 Å². The third-order valence-electron chi connectivity index (χ3n) is 2.93. The molecule has 0 saturated heterocycles. The van der Waals surface area contributed by atoms with Crippen LogP contribution in [0.15, 0.2) is 47.2 Å². The van der Waals surface area contributed by atoms with Crippen LogP contribution in [-0.2, 0) is 0 Å². The van der Waals surface area contributed by atoms with E-state index >= 15 is 0 Å². The van der Waals surface area contributed by atoms with Gasteiger partial charge in [0, 0.05) is 14.6 Å². The van der Waals surface area contributed by atoms with Crippen LogP contribution < -0.4 is 10.6 Å². The van der Waals surface area contributed by atoms with E-state index in [-0.39, 0.29) is 12.6 Å². The van der Waals surface area contributed by atoms with Gasteiger partial charge in [0.05, 0.1) is 11.5 Å². The molecule has 0 aliphatic heterocycles. The van der Waals surface area contributed by atoms with Gasteiger partial charge in [-0.05, 0) is 41.1 Å². The summed E-state index contributed by atoms with van der Waals surface area (Å²) in [6.07, 6.45) is -0.701. The summed E-state index contributed by atoms with van der Waals surface area (Å²) in [5.74, 6) is 0. The van der Waals surface area contributed by atoms with Crippen molar-refractivity contribution in [1.82, 2.24) is 5.32 Å². The summed E-state index contributed by atoms with van der Waals surface area (Å²) in [4.78, 5) is 14.9. The Morgan fingerprint density at radius 2 is 1.91 bits per heavy atom. The first-order valence-electron chi connectivity index (χ1n) is 6.62. The maximum Gasteiger partial charge on any atom is 0.319 e.